The van der Waals surface area contributed by atoms with E-state index in [0.717, 1.165) is 6.26 Å². The summed E-state index contributed by atoms with van der Waals surface area (Å²) >= 11 is 0. The van der Waals surface area contributed by atoms with Crippen LogP contribution in [-0.2, 0) is 19.4 Å². The molecule has 0 spiro atoms. The first-order chi connectivity index (χ1) is 10.7. The fourth-order valence-corrected chi connectivity index (χ4v) is 3.11. The topological polar surface area (TPSA) is 110 Å². The Morgan fingerprint density at radius 3 is 2.52 bits per heavy atom. The number of benzene rings is 1. The molecule has 126 valence electrons. The number of carboxylic acids is 1. The van der Waals surface area contributed by atoms with Crippen LogP contribution in [0.5, 0.6) is 0 Å². The molecule has 23 heavy (non-hydrogen) atoms. The van der Waals surface area contributed by atoms with Crippen LogP contribution in [0.4, 0.5) is 0 Å². The number of carboxylic acid groups (broad SMARTS) is 1. The molecule has 2 rings (SSSR count). The average Bonchev–Trinajstić information content (AvgIpc) is 2.52. The number of aliphatic carboxylic acids is 1. The lowest BCUT2D eigenvalue weighted by molar-refractivity contribution is -0.154. The summed E-state index contributed by atoms with van der Waals surface area (Å²) in [4.78, 5) is 23.8. The molecule has 8 heteroatoms. The summed E-state index contributed by atoms with van der Waals surface area (Å²) in [6, 6.07) is 5.65. The monoisotopic (exact) mass is 341 g/mol. The predicted octanol–water partition coefficient (Wildman–Crippen LogP) is 0.701. The van der Waals surface area contributed by atoms with Crippen LogP contribution >= 0.6 is 0 Å². The highest BCUT2D eigenvalue weighted by Crippen LogP contribution is 2.30. The van der Waals surface area contributed by atoms with Crippen molar-refractivity contribution in [1.82, 2.24) is 5.32 Å². The molecule has 2 N–H and O–H groups in total. The van der Waals surface area contributed by atoms with E-state index < -0.39 is 27.1 Å². The Bertz CT molecular complexity index is 706. The van der Waals surface area contributed by atoms with Crippen LogP contribution in [0.25, 0.3) is 0 Å². The fourth-order valence-electron chi connectivity index (χ4n) is 2.45. The van der Waals surface area contributed by atoms with Gasteiger partial charge >= 0.3 is 5.97 Å². The predicted molar refractivity (Wildman–Crippen MR) is 82.0 cm³/mol. The summed E-state index contributed by atoms with van der Waals surface area (Å²) in [5.41, 5.74) is -0.858. The Labute approximate surface area is 134 Å². The van der Waals surface area contributed by atoms with Gasteiger partial charge in [0.25, 0.3) is 5.91 Å². The van der Waals surface area contributed by atoms with Gasteiger partial charge in [0.1, 0.15) is 0 Å². The molecule has 1 aliphatic heterocycles. The smallest absolute Gasteiger partial charge is 0.311 e. The minimum absolute atomic E-state index is 0.0202. The van der Waals surface area contributed by atoms with E-state index in [2.05, 4.69) is 5.32 Å². The molecule has 1 fully saturated rings. The lowest BCUT2D eigenvalue weighted by Crippen LogP contribution is -2.46. The third kappa shape index (κ3) is 4.08. The molecule has 0 atom stereocenters. The van der Waals surface area contributed by atoms with Crippen molar-refractivity contribution in [3.63, 3.8) is 0 Å². The van der Waals surface area contributed by atoms with Crippen molar-refractivity contribution in [3.8, 4) is 0 Å². The fraction of sp³-hybridized carbons (Fsp3) is 0.467. The Hall–Kier alpha value is -1.93. The summed E-state index contributed by atoms with van der Waals surface area (Å²) in [7, 11) is -3.41. The van der Waals surface area contributed by atoms with E-state index >= 15 is 0 Å². The van der Waals surface area contributed by atoms with Gasteiger partial charge in [0.15, 0.2) is 9.84 Å². The number of hydrogen-bond donors (Lipinski definition) is 2. The highest BCUT2D eigenvalue weighted by atomic mass is 32.2. The van der Waals surface area contributed by atoms with Gasteiger partial charge in [-0.1, -0.05) is 6.07 Å². The van der Waals surface area contributed by atoms with Crippen LogP contribution in [0.2, 0.25) is 0 Å². The standard InChI is InChI=1S/C15H19NO6S/c1-23(20,21)12-4-2-3-11(9-12)13(17)16-10-15(14(18)19)5-7-22-8-6-15/h2-4,9H,5-8,10H2,1H3,(H,16,17)(H,18,19). The summed E-state index contributed by atoms with van der Waals surface area (Å²) in [6.07, 6.45) is 1.71. The minimum Gasteiger partial charge on any atom is -0.481 e. The maximum absolute atomic E-state index is 12.2. The Morgan fingerprint density at radius 1 is 1.30 bits per heavy atom. The number of sulfone groups is 1. The van der Waals surface area contributed by atoms with E-state index in [9.17, 15) is 23.1 Å². The summed E-state index contributed by atoms with van der Waals surface area (Å²) in [5.74, 6) is -1.46. The highest BCUT2D eigenvalue weighted by Gasteiger charge is 2.40. The normalized spacial score (nSPS) is 17.4. The molecule has 0 saturated carbocycles. The number of amides is 1. The van der Waals surface area contributed by atoms with E-state index in [1.165, 1.54) is 24.3 Å². The van der Waals surface area contributed by atoms with Gasteiger partial charge in [0, 0.05) is 31.6 Å². The second-order valence-corrected chi connectivity index (χ2v) is 7.70. The molecule has 0 aliphatic carbocycles. The number of carbonyl (C=O) groups is 2. The van der Waals surface area contributed by atoms with Gasteiger partial charge in [0.2, 0.25) is 0 Å². The van der Waals surface area contributed by atoms with E-state index in [0.29, 0.717) is 26.1 Å². The molecule has 0 unspecified atom stereocenters. The van der Waals surface area contributed by atoms with Crippen LogP contribution in [0.1, 0.15) is 23.2 Å². The first-order valence-electron chi connectivity index (χ1n) is 7.14. The number of carbonyl (C=O) groups excluding carboxylic acids is 1. The Morgan fingerprint density at radius 2 is 1.96 bits per heavy atom. The van der Waals surface area contributed by atoms with Crippen LogP contribution in [0, 0.1) is 5.41 Å². The maximum atomic E-state index is 12.2. The number of nitrogens with one attached hydrogen (secondary N) is 1. The molecule has 1 aromatic carbocycles. The zero-order chi connectivity index (χ0) is 17.1. The third-order valence-corrected chi connectivity index (χ3v) is 5.13. The number of ether oxygens (including phenoxy) is 1. The molecule has 1 aromatic rings. The van der Waals surface area contributed by atoms with Gasteiger partial charge in [-0.3, -0.25) is 9.59 Å². The van der Waals surface area contributed by atoms with Crippen LogP contribution < -0.4 is 5.32 Å². The molecule has 0 bridgehead atoms. The molecule has 7 nitrogen and oxygen atoms in total. The average molecular weight is 341 g/mol. The van der Waals surface area contributed by atoms with Gasteiger partial charge < -0.3 is 15.2 Å². The van der Waals surface area contributed by atoms with Crippen molar-refractivity contribution in [2.24, 2.45) is 5.41 Å². The molecule has 0 aromatic heterocycles. The van der Waals surface area contributed by atoms with E-state index in [1.54, 1.807) is 0 Å². The molecule has 1 heterocycles. The summed E-state index contributed by atoms with van der Waals surface area (Å²) in [5, 5.41) is 12.0. The lowest BCUT2D eigenvalue weighted by atomic mass is 9.80. The second-order valence-electron chi connectivity index (χ2n) is 5.68. The Balaban J connectivity index is 2.11. The first-order valence-corrected chi connectivity index (χ1v) is 9.03. The number of hydrogen-bond acceptors (Lipinski definition) is 5. The second kappa shape index (κ2) is 6.67. The van der Waals surface area contributed by atoms with Gasteiger partial charge in [0.05, 0.1) is 10.3 Å². The van der Waals surface area contributed by atoms with Gasteiger partial charge in [-0.15, -0.1) is 0 Å². The third-order valence-electron chi connectivity index (χ3n) is 4.02. The molecule has 1 aliphatic rings. The van der Waals surface area contributed by atoms with Crippen molar-refractivity contribution in [2.45, 2.75) is 17.7 Å². The summed E-state index contributed by atoms with van der Waals surface area (Å²) < 4.78 is 28.2. The SMILES string of the molecule is CS(=O)(=O)c1cccc(C(=O)NCC2(C(=O)O)CCOCC2)c1. The van der Waals surface area contributed by atoms with Crippen LogP contribution in [0.3, 0.4) is 0 Å². The van der Waals surface area contributed by atoms with Crippen molar-refractivity contribution in [2.75, 3.05) is 26.0 Å². The molecule has 1 saturated heterocycles. The summed E-state index contributed by atoms with van der Waals surface area (Å²) in [6.45, 7) is 0.658. The van der Waals surface area contributed by atoms with Crippen molar-refractivity contribution >= 4 is 21.7 Å². The largest absolute Gasteiger partial charge is 0.481 e. The Kier molecular flexibility index (Phi) is 5.06. The van der Waals surface area contributed by atoms with Gasteiger partial charge in [-0.25, -0.2) is 8.42 Å². The van der Waals surface area contributed by atoms with Crippen molar-refractivity contribution in [3.05, 3.63) is 29.8 Å². The van der Waals surface area contributed by atoms with Crippen LogP contribution in [0.15, 0.2) is 29.2 Å². The van der Waals surface area contributed by atoms with Gasteiger partial charge in [-0.05, 0) is 31.0 Å². The van der Waals surface area contributed by atoms with Gasteiger partial charge in [-0.2, -0.15) is 0 Å². The molecular weight excluding hydrogens is 322 g/mol. The van der Waals surface area contributed by atoms with E-state index in [1.807, 2.05) is 0 Å². The zero-order valence-electron chi connectivity index (χ0n) is 12.7. The van der Waals surface area contributed by atoms with E-state index in [4.69, 9.17) is 4.74 Å². The maximum Gasteiger partial charge on any atom is 0.311 e. The zero-order valence-corrected chi connectivity index (χ0v) is 13.6. The molecular formula is C15H19NO6S. The number of rotatable bonds is 5. The lowest BCUT2D eigenvalue weighted by Gasteiger charge is -2.33. The van der Waals surface area contributed by atoms with Crippen molar-refractivity contribution in [1.29, 1.82) is 0 Å². The molecule has 0 radical (unpaired) electrons. The minimum atomic E-state index is -3.41. The van der Waals surface area contributed by atoms with Crippen LogP contribution in [-0.4, -0.2) is 51.4 Å². The molecule has 1 amide bonds. The quantitative estimate of drug-likeness (QED) is 0.816. The first kappa shape index (κ1) is 17.4. The van der Waals surface area contributed by atoms with E-state index in [-0.39, 0.29) is 17.0 Å². The van der Waals surface area contributed by atoms with Crippen molar-refractivity contribution < 1.29 is 27.9 Å². The highest BCUT2D eigenvalue weighted by molar-refractivity contribution is 7.90.